The van der Waals surface area contributed by atoms with Crippen molar-refractivity contribution in [2.75, 3.05) is 6.54 Å². The van der Waals surface area contributed by atoms with Gasteiger partial charge in [-0.3, -0.25) is 14.2 Å². The monoisotopic (exact) mass is 363 g/mol. The summed E-state index contributed by atoms with van der Waals surface area (Å²) in [6.07, 6.45) is 3.10. The maximum absolute atomic E-state index is 12.9. The van der Waals surface area contributed by atoms with Crippen LogP contribution in [0.2, 0.25) is 0 Å². The highest BCUT2D eigenvalue weighted by Gasteiger charge is 2.32. The summed E-state index contributed by atoms with van der Waals surface area (Å²) in [5.74, 6) is -1.43. The zero-order chi connectivity index (χ0) is 19.0. The number of hydrogen-bond donors (Lipinski definition) is 1. The molecule has 2 aromatic carbocycles. The van der Waals surface area contributed by atoms with Crippen LogP contribution in [0.25, 0.3) is 16.7 Å². The molecular formula is C21H21N3O3. The fourth-order valence-electron chi connectivity index (χ4n) is 3.69. The Morgan fingerprint density at radius 2 is 1.81 bits per heavy atom. The molecule has 0 spiro atoms. The van der Waals surface area contributed by atoms with Gasteiger partial charge in [0.15, 0.2) is 0 Å². The van der Waals surface area contributed by atoms with Crippen LogP contribution in [0, 0.1) is 5.92 Å². The highest BCUT2D eigenvalue weighted by atomic mass is 16.4. The van der Waals surface area contributed by atoms with Gasteiger partial charge < -0.3 is 10.0 Å². The Kier molecular flexibility index (Phi) is 4.39. The van der Waals surface area contributed by atoms with Gasteiger partial charge in [0.25, 0.3) is 5.91 Å². The Labute approximate surface area is 157 Å². The van der Waals surface area contributed by atoms with Crippen molar-refractivity contribution in [1.82, 2.24) is 14.5 Å². The third kappa shape index (κ3) is 3.18. The number of imidazole rings is 1. The van der Waals surface area contributed by atoms with Crippen molar-refractivity contribution in [3.63, 3.8) is 0 Å². The molecule has 1 saturated heterocycles. The maximum Gasteiger partial charge on any atom is 0.308 e. The number of carbonyl (C=O) groups is 2. The normalized spacial score (nSPS) is 20.0. The fraction of sp³-hybridized carbons (Fsp3) is 0.286. The molecule has 1 aromatic heterocycles. The van der Waals surface area contributed by atoms with Crippen molar-refractivity contribution in [3.8, 4) is 5.69 Å². The smallest absolute Gasteiger partial charge is 0.308 e. The lowest BCUT2D eigenvalue weighted by Gasteiger charge is -2.36. The molecule has 0 saturated carbocycles. The van der Waals surface area contributed by atoms with E-state index >= 15 is 0 Å². The third-order valence-electron chi connectivity index (χ3n) is 5.34. The van der Waals surface area contributed by atoms with Gasteiger partial charge in [-0.1, -0.05) is 12.1 Å². The molecule has 27 heavy (non-hydrogen) atoms. The second kappa shape index (κ2) is 6.87. The Morgan fingerprint density at radius 1 is 1.07 bits per heavy atom. The predicted octanol–water partition coefficient (Wildman–Crippen LogP) is 3.35. The van der Waals surface area contributed by atoms with Crippen molar-refractivity contribution < 1.29 is 14.7 Å². The molecule has 2 unspecified atom stereocenters. The number of hydrogen-bond acceptors (Lipinski definition) is 3. The highest BCUT2D eigenvalue weighted by Crippen LogP contribution is 2.25. The van der Waals surface area contributed by atoms with Crippen LogP contribution in [-0.2, 0) is 4.79 Å². The van der Waals surface area contributed by atoms with E-state index in [0.29, 0.717) is 18.4 Å². The van der Waals surface area contributed by atoms with Gasteiger partial charge in [0.2, 0.25) is 0 Å². The molecule has 0 bridgehead atoms. The van der Waals surface area contributed by atoms with E-state index in [0.717, 1.165) is 16.7 Å². The SMILES string of the molecule is CC1CCC(C(=O)O)CN1C(=O)c1ccc(-n2cnc3ccccc32)cc1. The van der Waals surface area contributed by atoms with Crippen LogP contribution in [-0.4, -0.2) is 44.0 Å². The van der Waals surface area contributed by atoms with E-state index in [-0.39, 0.29) is 18.5 Å². The number of likely N-dealkylation sites (tertiary alicyclic amines) is 1. The topological polar surface area (TPSA) is 75.4 Å². The van der Waals surface area contributed by atoms with Gasteiger partial charge in [0.1, 0.15) is 6.33 Å². The first kappa shape index (κ1) is 17.3. The zero-order valence-corrected chi connectivity index (χ0v) is 15.1. The summed E-state index contributed by atoms with van der Waals surface area (Å²) < 4.78 is 1.98. The number of piperidine rings is 1. The number of para-hydroxylation sites is 2. The van der Waals surface area contributed by atoms with E-state index in [1.54, 1.807) is 23.4 Å². The second-order valence-corrected chi connectivity index (χ2v) is 7.07. The first-order chi connectivity index (χ1) is 13.0. The van der Waals surface area contributed by atoms with Gasteiger partial charge in [-0.05, 0) is 56.2 Å². The Morgan fingerprint density at radius 3 is 2.56 bits per heavy atom. The van der Waals surface area contributed by atoms with Crippen LogP contribution >= 0.6 is 0 Å². The average Bonchev–Trinajstić information content (AvgIpc) is 3.12. The molecule has 138 valence electrons. The number of rotatable bonds is 3. The summed E-state index contributed by atoms with van der Waals surface area (Å²) in [6, 6.07) is 15.3. The first-order valence-electron chi connectivity index (χ1n) is 9.11. The molecule has 4 rings (SSSR count). The largest absolute Gasteiger partial charge is 0.481 e. The number of carboxylic acids is 1. The number of aliphatic carboxylic acids is 1. The van der Waals surface area contributed by atoms with Crippen molar-refractivity contribution in [3.05, 3.63) is 60.4 Å². The molecule has 6 nitrogen and oxygen atoms in total. The number of carboxylic acid groups (broad SMARTS) is 1. The summed E-state index contributed by atoms with van der Waals surface area (Å²) >= 11 is 0. The minimum Gasteiger partial charge on any atom is -0.481 e. The fourth-order valence-corrected chi connectivity index (χ4v) is 3.69. The summed E-state index contributed by atoms with van der Waals surface area (Å²) in [4.78, 5) is 30.3. The summed E-state index contributed by atoms with van der Waals surface area (Å²) in [6.45, 7) is 2.24. The van der Waals surface area contributed by atoms with Crippen LogP contribution in [0.5, 0.6) is 0 Å². The number of nitrogens with zero attached hydrogens (tertiary/aromatic N) is 3. The van der Waals surface area contributed by atoms with Gasteiger partial charge in [0.05, 0.1) is 17.0 Å². The standard InChI is InChI=1S/C21H21N3O3/c1-14-6-7-16(21(26)27)12-23(14)20(25)15-8-10-17(11-9-15)24-13-22-18-4-2-3-5-19(18)24/h2-5,8-11,13-14,16H,6-7,12H2,1H3,(H,26,27). The number of aromatic nitrogens is 2. The molecule has 1 fully saturated rings. The summed E-state index contributed by atoms with van der Waals surface area (Å²) in [5, 5.41) is 9.28. The number of amides is 1. The van der Waals surface area contributed by atoms with Crippen molar-refractivity contribution >= 4 is 22.9 Å². The molecule has 2 atom stereocenters. The summed E-state index contributed by atoms with van der Waals surface area (Å²) in [7, 11) is 0. The molecule has 6 heteroatoms. The lowest BCUT2D eigenvalue weighted by atomic mass is 9.93. The highest BCUT2D eigenvalue weighted by molar-refractivity contribution is 5.95. The number of benzene rings is 2. The van der Waals surface area contributed by atoms with Gasteiger partial charge in [-0.25, -0.2) is 4.98 Å². The van der Waals surface area contributed by atoms with E-state index in [1.165, 1.54) is 0 Å². The molecule has 1 aliphatic heterocycles. The van der Waals surface area contributed by atoms with Crippen molar-refractivity contribution in [2.45, 2.75) is 25.8 Å². The van der Waals surface area contributed by atoms with Crippen LogP contribution in [0.3, 0.4) is 0 Å². The quantitative estimate of drug-likeness (QED) is 0.774. The minimum absolute atomic E-state index is 0.0466. The van der Waals surface area contributed by atoms with Gasteiger partial charge >= 0.3 is 5.97 Å². The predicted molar refractivity (Wildman–Crippen MR) is 102 cm³/mol. The molecule has 1 aliphatic rings. The van der Waals surface area contributed by atoms with E-state index < -0.39 is 11.9 Å². The Balaban J connectivity index is 1.58. The molecular weight excluding hydrogens is 342 g/mol. The van der Waals surface area contributed by atoms with E-state index in [4.69, 9.17) is 0 Å². The van der Waals surface area contributed by atoms with E-state index in [2.05, 4.69) is 4.98 Å². The lowest BCUT2D eigenvalue weighted by molar-refractivity contribution is -0.143. The van der Waals surface area contributed by atoms with E-state index in [9.17, 15) is 14.7 Å². The molecule has 0 aliphatic carbocycles. The minimum atomic E-state index is -0.831. The van der Waals surface area contributed by atoms with Crippen LogP contribution in [0.4, 0.5) is 0 Å². The van der Waals surface area contributed by atoms with Crippen LogP contribution < -0.4 is 0 Å². The average molecular weight is 363 g/mol. The molecule has 1 amide bonds. The third-order valence-corrected chi connectivity index (χ3v) is 5.34. The van der Waals surface area contributed by atoms with Crippen LogP contribution in [0.15, 0.2) is 54.9 Å². The van der Waals surface area contributed by atoms with Crippen molar-refractivity contribution in [1.29, 1.82) is 0 Å². The molecule has 1 N–H and O–H groups in total. The van der Waals surface area contributed by atoms with E-state index in [1.807, 2.05) is 47.9 Å². The first-order valence-corrected chi connectivity index (χ1v) is 9.11. The maximum atomic E-state index is 12.9. The number of fused-ring (bicyclic) bond motifs is 1. The van der Waals surface area contributed by atoms with Crippen LogP contribution in [0.1, 0.15) is 30.1 Å². The van der Waals surface area contributed by atoms with Crippen molar-refractivity contribution in [2.24, 2.45) is 5.92 Å². The van der Waals surface area contributed by atoms with Gasteiger partial charge in [-0.15, -0.1) is 0 Å². The summed E-state index contributed by atoms with van der Waals surface area (Å²) in [5.41, 5.74) is 3.42. The van der Waals surface area contributed by atoms with Gasteiger partial charge in [0, 0.05) is 23.8 Å². The lowest BCUT2D eigenvalue weighted by Crippen LogP contribution is -2.47. The molecule has 2 heterocycles. The second-order valence-electron chi connectivity index (χ2n) is 7.07. The Bertz CT molecular complexity index is 993. The molecule has 0 radical (unpaired) electrons. The molecule has 3 aromatic rings. The Hall–Kier alpha value is -3.15. The number of carbonyl (C=O) groups excluding carboxylic acids is 1. The zero-order valence-electron chi connectivity index (χ0n) is 15.1. The van der Waals surface area contributed by atoms with Gasteiger partial charge in [-0.2, -0.15) is 0 Å².